The van der Waals surface area contributed by atoms with Crippen LogP contribution < -0.4 is 0 Å². The summed E-state index contributed by atoms with van der Waals surface area (Å²) in [5, 5.41) is 7.72. The Morgan fingerprint density at radius 1 is 1.31 bits per heavy atom. The molecule has 0 atom stereocenters. The first-order chi connectivity index (χ1) is 7.58. The molecule has 1 aromatic carbocycles. The van der Waals surface area contributed by atoms with E-state index >= 15 is 0 Å². The molecule has 0 saturated carbocycles. The fourth-order valence-electron chi connectivity index (χ4n) is 1.74. The lowest BCUT2D eigenvalue weighted by atomic mass is 10.1. The monoisotopic (exact) mass is 217 g/mol. The van der Waals surface area contributed by atoms with Crippen LogP contribution in [0, 0.1) is 12.3 Å². The highest BCUT2D eigenvalue weighted by molar-refractivity contribution is 6.03. The molecule has 1 aliphatic rings. The number of carbonyl (C=O) groups excluding carboxylic acids is 1. The highest BCUT2D eigenvalue weighted by Gasteiger charge is 2.30. The summed E-state index contributed by atoms with van der Waals surface area (Å²) < 4.78 is 0. The summed E-state index contributed by atoms with van der Waals surface area (Å²) in [5.41, 5.74) is 2.25. The van der Waals surface area contributed by atoms with Crippen LogP contribution in [0.15, 0.2) is 24.3 Å². The van der Waals surface area contributed by atoms with Crippen molar-refractivity contribution in [3.63, 3.8) is 0 Å². The van der Waals surface area contributed by atoms with Gasteiger partial charge in [0.05, 0.1) is 13.1 Å². The molecule has 1 heterocycles. The van der Waals surface area contributed by atoms with E-state index in [1.807, 2.05) is 31.2 Å². The highest BCUT2D eigenvalue weighted by Crippen LogP contribution is 2.13. The molecule has 0 radical (unpaired) electrons. The molecule has 0 bridgehead atoms. The topological polar surface area (TPSA) is 47.4 Å². The molecule has 2 amide bonds. The molecule has 1 aromatic rings. The Morgan fingerprint density at radius 3 is 2.44 bits per heavy atom. The second-order valence-electron chi connectivity index (χ2n) is 4.16. The number of nitrogens with one attached hydrogen (secondary N) is 1. The van der Waals surface area contributed by atoms with Gasteiger partial charge in [0, 0.05) is 7.05 Å². The first-order valence-electron chi connectivity index (χ1n) is 5.23. The lowest BCUT2D eigenvalue weighted by molar-refractivity contribution is 0.203. The Morgan fingerprint density at radius 2 is 1.94 bits per heavy atom. The summed E-state index contributed by atoms with van der Waals surface area (Å²) in [5.74, 6) is 0.369. The zero-order valence-corrected chi connectivity index (χ0v) is 9.53. The SMILES string of the molecule is Cc1ccc(CN2C(=N)CN(C)C2=O)cc1. The molecule has 0 unspecified atom stereocenters. The summed E-state index contributed by atoms with van der Waals surface area (Å²) in [4.78, 5) is 14.8. The fraction of sp³-hybridized carbons (Fsp3) is 0.333. The van der Waals surface area contributed by atoms with Crippen molar-refractivity contribution in [3.05, 3.63) is 35.4 Å². The summed E-state index contributed by atoms with van der Waals surface area (Å²) in [6.07, 6.45) is 0. The van der Waals surface area contributed by atoms with Crippen molar-refractivity contribution in [2.45, 2.75) is 13.5 Å². The van der Waals surface area contributed by atoms with Gasteiger partial charge in [0.15, 0.2) is 0 Å². The number of aryl methyl sites for hydroxylation is 1. The predicted octanol–water partition coefficient (Wildman–Crippen LogP) is 1.84. The zero-order valence-electron chi connectivity index (χ0n) is 9.53. The van der Waals surface area contributed by atoms with Crippen LogP contribution >= 0.6 is 0 Å². The molecule has 0 spiro atoms. The largest absolute Gasteiger partial charge is 0.325 e. The Kier molecular flexibility index (Phi) is 2.64. The molecule has 1 aliphatic heterocycles. The molecular formula is C12H15N3O. The number of carbonyl (C=O) groups is 1. The molecule has 1 N–H and O–H groups in total. The lowest BCUT2D eigenvalue weighted by Crippen LogP contribution is -2.30. The average Bonchev–Trinajstić information content (AvgIpc) is 2.48. The van der Waals surface area contributed by atoms with Gasteiger partial charge in [0.2, 0.25) is 0 Å². The van der Waals surface area contributed by atoms with Crippen LogP contribution in [0.1, 0.15) is 11.1 Å². The van der Waals surface area contributed by atoms with Crippen LogP contribution in [0.3, 0.4) is 0 Å². The molecular weight excluding hydrogens is 202 g/mol. The second-order valence-corrected chi connectivity index (χ2v) is 4.16. The van der Waals surface area contributed by atoms with Crippen molar-refractivity contribution in [1.29, 1.82) is 5.41 Å². The average molecular weight is 217 g/mol. The van der Waals surface area contributed by atoms with Crippen LogP contribution in [0.4, 0.5) is 4.79 Å². The third-order valence-electron chi connectivity index (χ3n) is 2.73. The molecule has 16 heavy (non-hydrogen) atoms. The normalized spacial score (nSPS) is 16.1. The first kappa shape index (κ1) is 10.7. The van der Waals surface area contributed by atoms with Crippen molar-refractivity contribution >= 4 is 11.9 Å². The summed E-state index contributed by atoms with van der Waals surface area (Å²) in [6.45, 7) is 2.92. The van der Waals surface area contributed by atoms with Crippen molar-refractivity contribution in [3.8, 4) is 0 Å². The Labute approximate surface area is 95.0 Å². The van der Waals surface area contributed by atoms with Crippen LogP contribution in [-0.4, -0.2) is 35.3 Å². The van der Waals surface area contributed by atoms with E-state index in [-0.39, 0.29) is 6.03 Å². The van der Waals surface area contributed by atoms with Crippen molar-refractivity contribution in [2.24, 2.45) is 0 Å². The Hall–Kier alpha value is -1.84. The summed E-state index contributed by atoms with van der Waals surface area (Å²) in [7, 11) is 1.71. The quantitative estimate of drug-likeness (QED) is 0.807. The number of amides is 2. The van der Waals surface area contributed by atoms with E-state index in [1.165, 1.54) is 10.5 Å². The third kappa shape index (κ3) is 1.91. The Bertz CT molecular complexity index is 424. The highest BCUT2D eigenvalue weighted by atomic mass is 16.2. The number of hydrogen-bond acceptors (Lipinski definition) is 2. The lowest BCUT2D eigenvalue weighted by Gasteiger charge is -2.15. The van der Waals surface area contributed by atoms with E-state index < -0.39 is 0 Å². The van der Waals surface area contributed by atoms with Gasteiger partial charge in [0.25, 0.3) is 0 Å². The maximum atomic E-state index is 11.7. The third-order valence-corrected chi connectivity index (χ3v) is 2.73. The van der Waals surface area contributed by atoms with Crippen molar-refractivity contribution in [1.82, 2.24) is 9.80 Å². The molecule has 2 rings (SSSR count). The first-order valence-corrected chi connectivity index (χ1v) is 5.23. The van der Waals surface area contributed by atoms with Gasteiger partial charge in [-0.25, -0.2) is 4.79 Å². The number of benzene rings is 1. The standard InChI is InChI=1S/C12H15N3O/c1-9-3-5-10(6-4-9)7-15-11(13)8-14(2)12(15)16/h3-6,13H,7-8H2,1-2H3. The predicted molar refractivity (Wildman–Crippen MR) is 62.5 cm³/mol. The van der Waals surface area contributed by atoms with Gasteiger partial charge in [-0.1, -0.05) is 29.8 Å². The van der Waals surface area contributed by atoms with E-state index in [1.54, 1.807) is 11.9 Å². The number of hydrogen-bond donors (Lipinski definition) is 1. The van der Waals surface area contributed by atoms with Gasteiger partial charge in [-0.3, -0.25) is 10.3 Å². The number of urea groups is 1. The summed E-state index contributed by atoms with van der Waals surface area (Å²) >= 11 is 0. The smallest absolute Gasteiger partial charge is 0.320 e. The summed E-state index contributed by atoms with van der Waals surface area (Å²) in [6, 6.07) is 7.93. The second kappa shape index (κ2) is 3.96. The molecule has 1 fully saturated rings. The molecule has 0 aliphatic carbocycles. The maximum absolute atomic E-state index is 11.7. The fourth-order valence-corrected chi connectivity index (χ4v) is 1.74. The van der Waals surface area contributed by atoms with Gasteiger partial charge in [0.1, 0.15) is 5.84 Å². The minimum atomic E-state index is -0.0921. The van der Waals surface area contributed by atoms with E-state index in [0.717, 1.165) is 5.56 Å². The van der Waals surface area contributed by atoms with E-state index in [9.17, 15) is 4.79 Å². The minimum absolute atomic E-state index is 0.0921. The van der Waals surface area contributed by atoms with Crippen LogP contribution in [0.25, 0.3) is 0 Å². The van der Waals surface area contributed by atoms with Crippen molar-refractivity contribution < 1.29 is 4.79 Å². The van der Waals surface area contributed by atoms with Crippen LogP contribution in [-0.2, 0) is 6.54 Å². The number of amidine groups is 1. The molecule has 4 heteroatoms. The molecule has 4 nitrogen and oxygen atoms in total. The maximum Gasteiger partial charge on any atom is 0.325 e. The number of rotatable bonds is 2. The van der Waals surface area contributed by atoms with Crippen LogP contribution in [0.5, 0.6) is 0 Å². The van der Waals surface area contributed by atoms with Gasteiger partial charge in [-0.05, 0) is 12.5 Å². The number of nitrogens with zero attached hydrogens (tertiary/aromatic N) is 2. The van der Waals surface area contributed by atoms with Crippen LogP contribution in [0.2, 0.25) is 0 Å². The Balaban J connectivity index is 2.13. The van der Waals surface area contributed by atoms with Gasteiger partial charge in [-0.15, -0.1) is 0 Å². The van der Waals surface area contributed by atoms with Gasteiger partial charge >= 0.3 is 6.03 Å². The van der Waals surface area contributed by atoms with Crippen molar-refractivity contribution in [2.75, 3.05) is 13.6 Å². The van der Waals surface area contributed by atoms with Gasteiger partial charge < -0.3 is 4.90 Å². The minimum Gasteiger partial charge on any atom is -0.320 e. The van der Waals surface area contributed by atoms with E-state index in [4.69, 9.17) is 5.41 Å². The molecule has 0 aromatic heterocycles. The molecule has 1 saturated heterocycles. The zero-order chi connectivity index (χ0) is 11.7. The van der Waals surface area contributed by atoms with Gasteiger partial charge in [-0.2, -0.15) is 0 Å². The van der Waals surface area contributed by atoms with E-state index in [2.05, 4.69) is 0 Å². The number of likely N-dealkylation sites (N-methyl/N-ethyl adjacent to an activating group) is 1. The van der Waals surface area contributed by atoms with E-state index in [0.29, 0.717) is 18.9 Å². The molecule has 84 valence electrons.